The number of benzene rings is 1. The van der Waals surface area contributed by atoms with Crippen LogP contribution < -0.4 is 9.46 Å². The Labute approximate surface area is 198 Å². The van der Waals surface area contributed by atoms with Crippen molar-refractivity contribution in [3.63, 3.8) is 0 Å². The predicted molar refractivity (Wildman–Crippen MR) is 121 cm³/mol. The quantitative estimate of drug-likeness (QED) is 0.383. The fourth-order valence-corrected chi connectivity index (χ4v) is 4.28. The number of rotatable bonds is 8. The summed E-state index contributed by atoms with van der Waals surface area (Å²) in [7, 11) is -2.29. The van der Waals surface area contributed by atoms with E-state index in [0.29, 0.717) is 17.8 Å². The second-order valence-electron chi connectivity index (χ2n) is 7.52. The standard InChI is InChI=1S/C21H20F3N7O3S/c1-3-10-35(32,33)30-19-20(28-16-7-5-4-6-15(16)27-19)34-18(21(22,23)24)13-8-9-14(25-11-13)17-12-26-31(2)29-17/h4-9,11-12,18H,3,10H2,1-2H3,(H,27,30)/t18-/m1/s1. The highest BCUT2D eigenvalue weighted by atomic mass is 32.2. The van der Waals surface area contributed by atoms with Crippen molar-refractivity contribution < 1.29 is 26.3 Å². The maximum atomic E-state index is 14.1. The number of pyridine rings is 1. The number of para-hydroxylation sites is 2. The number of nitrogens with zero attached hydrogens (tertiary/aromatic N) is 6. The fourth-order valence-electron chi connectivity index (χ4n) is 3.21. The lowest BCUT2D eigenvalue weighted by atomic mass is 10.1. The fraction of sp³-hybridized carbons (Fsp3) is 0.286. The lowest BCUT2D eigenvalue weighted by molar-refractivity contribution is -0.198. The lowest BCUT2D eigenvalue weighted by Crippen LogP contribution is -2.27. The van der Waals surface area contributed by atoms with E-state index in [1.54, 1.807) is 32.2 Å². The van der Waals surface area contributed by atoms with Gasteiger partial charge in [-0.3, -0.25) is 9.71 Å². The molecule has 0 bridgehead atoms. The molecule has 3 aromatic heterocycles. The highest BCUT2D eigenvalue weighted by Gasteiger charge is 2.44. The van der Waals surface area contributed by atoms with E-state index < -0.39 is 34.0 Å². The van der Waals surface area contributed by atoms with Crippen molar-refractivity contribution >= 4 is 26.9 Å². The molecule has 35 heavy (non-hydrogen) atoms. The summed E-state index contributed by atoms with van der Waals surface area (Å²) >= 11 is 0. The number of sulfonamides is 1. The third-order valence-electron chi connectivity index (χ3n) is 4.74. The normalized spacial score (nSPS) is 13.1. The molecule has 0 aliphatic carbocycles. The van der Waals surface area contributed by atoms with Gasteiger partial charge in [0.25, 0.3) is 5.88 Å². The van der Waals surface area contributed by atoms with Gasteiger partial charge in [-0.1, -0.05) is 25.1 Å². The molecule has 0 aliphatic heterocycles. The molecule has 0 spiro atoms. The largest absolute Gasteiger partial charge is 0.457 e. The molecular formula is C21H20F3N7O3S. The minimum Gasteiger partial charge on any atom is -0.457 e. The maximum Gasteiger partial charge on any atom is 0.429 e. The van der Waals surface area contributed by atoms with E-state index in [-0.39, 0.29) is 22.3 Å². The second-order valence-corrected chi connectivity index (χ2v) is 9.36. The number of aryl methyl sites for hydroxylation is 1. The molecule has 10 nitrogen and oxygen atoms in total. The molecule has 0 saturated heterocycles. The number of ether oxygens (including phenoxy) is 1. The molecule has 3 heterocycles. The van der Waals surface area contributed by atoms with Crippen LogP contribution in [0, 0.1) is 0 Å². The average molecular weight is 507 g/mol. The van der Waals surface area contributed by atoms with Crippen LogP contribution in [0.1, 0.15) is 25.0 Å². The topological polar surface area (TPSA) is 125 Å². The van der Waals surface area contributed by atoms with Crippen molar-refractivity contribution in [2.45, 2.75) is 25.6 Å². The number of fused-ring (bicyclic) bond motifs is 1. The number of anilines is 1. The first-order valence-electron chi connectivity index (χ1n) is 10.4. The summed E-state index contributed by atoms with van der Waals surface area (Å²) in [6.45, 7) is 1.65. The minimum absolute atomic E-state index is 0.234. The van der Waals surface area contributed by atoms with Crippen molar-refractivity contribution in [2.24, 2.45) is 7.05 Å². The molecule has 0 aliphatic rings. The summed E-state index contributed by atoms with van der Waals surface area (Å²) in [5.74, 6) is -1.29. The molecule has 4 aromatic rings. The molecular weight excluding hydrogens is 487 g/mol. The van der Waals surface area contributed by atoms with E-state index in [1.165, 1.54) is 29.2 Å². The first-order chi connectivity index (χ1) is 16.6. The van der Waals surface area contributed by atoms with E-state index in [2.05, 4.69) is 29.9 Å². The van der Waals surface area contributed by atoms with E-state index >= 15 is 0 Å². The Morgan fingerprint density at radius 3 is 2.34 bits per heavy atom. The van der Waals surface area contributed by atoms with Gasteiger partial charge in [-0.05, 0) is 24.6 Å². The summed E-state index contributed by atoms with van der Waals surface area (Å²) in [4.78, 5) is 13.6. The van der Waals surface area contributed by atoms with Crippen molar-refractivity contribution in [1.82, 2.24) is 29.9 Å². The lowest BCUT2D eigenvalue weighted by Gasteiger charge is -2.22. The average Bonchev–Trinajstić information content (AvgIpc) is 3.23. The predicted octanol–water partition coefficient (Wildman–Crippen LogP) is 3.65. The van der Waals surface area contributed by atoms with Crippen LogP contribution in [0.5, 0.6) is 5.88 Å². The van der Waals surface area contributed by atoms with E-state index in [9.17, 15) is 21.6 Å². The van der Waals surface area contributed by atoms with Gasteiger partial charge in [0.05, 0.1) is 28.7 Å². The van der Waals surface area contributed by atoms with Crippen LogP contribution in [0.2, 0.25) is 0 Å². The van der Waals surface area contributed by atoms with Gasteiger partial charge in [-0.25, -0.2) is 18.4 Å². The van der Waals surface area contributed by atoms with Crippen LogP contribution in [0.15, 0.2) is 48.8 Å². The maximum absolute atomic E-state index is 14.1. The number of hydrogen-bond acceptors (Lipinski definition) is 8. The zero-order valence-electron chi connectivity index (χ0n) is 18.6. The third kappa shape index (κ3) is 5.65. The summed E-state index contributed by atoms with van der Waals surface area (Å²) in [5.41, 5.74) is 0.908. The van der Waals surface area contributed by atoms with Gasteiger partial charge in [0.15, 0.2) is 0 Å². The number of halogens is 3. The number of hydrogen-bond donors (Lipinski definition) is 1. The smallest absolute Gasteiger partial charge is 0.429 e. The van der Waals surface area contributed by atoms with E-state index in [1.807, 2.05) is 0 Å². The molecule has 0 saturated carbocycles. The summed E-state index contributed by atoms with van der Waals surface area (Å²) < 4.78 is 74.3. The van der Waals surface area contributed by atoms with Crippen molar-refractivity contribution in [3.8, 4) is 17.3 Å². The molecule has 0 radical (unpaired) electrons. The third-order valence-corrected chi connectivity index (χ3v) is 6.19. The Kier molecular flexibility index (Phi) is 6.56. The molecule has 184 valence electrons. The van der Waals surface area contributed by atoms with Gasteiger partial charge < -0.3 is 4.74 Å². The highest BCUT2D eigenvalue weighted by Crippen LogP contribution is 2.38. The Morgan fingerprint density at radius 1 is 1.06 bits per heavy atom. The van der Waals surface area contributed by atoms with Crippen LogP contribution >= 0.6 is 0 Å². The van der Waals surface area contributed by atoms with Crippen LogP contribution in [0.4, 0.5) is 19.0 Å². The molecule has 1 atom stereocenters. The summed E-state index contributed by atoms with van der Waals surface area (Å²) in [6.07, 6.45) is -4.63. The van der Waals surface area contributed by atoms with Crippen molar-refractivity contribution in [1.29, 1.82) is 0 Å². The molecule has 0 unspecified atom stereocenters. The Balaban J connectivity index is 1.73. The first kappa shape index (κ1) is 24.3. The minimum atomic E-state index is -4.87. The zero-order chi connectivity index (χ0) is 25.2. The van der Waals surface area contributed by atoms with Gasteiger partial charge >= 0.3 is 6.18 Å². The second kappa shape index (κ2) is 9.44. The molecule has 0 amide bonds. The number of aromatic nitrogens is 6. The van der Waals surface area contributed by atoms with E-state index in [4.69, 9.17) is 4.74 Å². The zero-order valence-corrected chi connectivity index (χ0v) is 19.4. The Morgan fingerprint density at radius 2 is 1.77 bits per heavy atom. The number of nitrogens with one attached hydrogen (secondary N) is 1. The molecule has 14 heteroatoms. The SMILES string of the molecule is CCCS(=O)(=O)Nc1nc2ccccc2nc1O[C@H](c1ccc(-c2cnn(C)n2)nc1)C(F)(F)F. The van der Waals surface area contributed by atoms with E-state index in [0.717, 1.165) is 6.20 Å². The molecule has 4 rings (SSSR count). The highest BCUT2D eigenvalue weighted by molar-refractivity contribution is 7.92. The first-order valence-corrected chi connectivity index (χ1v) is 12.0. The van der Waals surface area contributed by atoms with Gasteiger partial charge in [-0.2, -0.15) is 28.2 Å². The van der Waals surface area contributed by atoms with Crippen LogP contribution in [-0.4, -0.2) is 50.3 Å². The Hall–Kier alpha value is -3.81. The monoisotopic (exact) mass is 507 g/mol. The van der Waals surface area contributed by atoms with Gasteiger partial charge in [0.1, 0.15) is 5.69 Å². The van der Waals surface area contributed by atoms with Crippen LogP contribution in [0.3, 0.4) is 0 Å². The summed E-state index contributed by atoms with van der Waals surface area (Å²) in [6, 6.07) is 8.91. The Bertz CT molecular complexity index is 1440. The van der Waals surface area contributed by atoms with Crippen molar-refractivity contribution in [2.75, 3.05) is 10.5 Å². The summed E-state index contributed by atoms with van der Waals surface area (Å²) in [5, 5.41) is 7.98. The van der Waals surface area contributed by atoms with Crippen LogP contribution in [0.25, 0.3) is 22.4 Å². The molecule has 1 aromatic carbocycles. The molecule has 0 fully saturated rings. The number of alkyl halides is 3. The van der Waals surface area contributed by atoms with Crippen molar-refractivity contribution in [3.05, 3.63) is 54.4 Å². The van der Waals surface area contributed by atoms with Crippen LogP contribution in [-0.2, 0) is 17.1 Å². The van der Waals surface area contributed by atoms with Gasteiger partial charge in [0, 0.05) is 18.8 Å². The molecule has 1 N–H and O–H groups in total. The van der Waals surface area contributed by atoms with Gasteiger partial charge in [0.2, 0.25) is 21.9 Å². The van der Waals surface area contributed by atoms with Gasteiger partial charge in [-0.15, -0.1) is 0 Å².